The van der Waals surface area contributed by atoms with Crippen LogP contribution in [0.25, 0.3) is 0 Å². The minimum absolute atomic E-state index is 0.0203. The normalized spacial score (nSPS) is 11.2. The van der Waals surface area contributed by atoms with Crippen molar-refractivity contribution in [2.24, 2.45) is 0 Å². The molecule has 0 saturated heterocycles. The second-order valence-corrected chi connectivity index (χ2v) is 7.48. The summed E-state index contributed by atoms with van der Waals surface area (Å²) in [6.07, 6.45) is 1.09. The van der Waals surface area contributed by atoms with Gasteiger partial charge in [-0.25, -0.2) is 17.6 Å². The topological polar surface area (TPSA) is 60.4 Å². The van der Waals surface area contributed by atoms with Gasteiger partial charge in [0.05, 0.1) is 10.5 Å². The van der Waals surface area contributed by atoms with E-state index in [9.17, 15) is 17.6 Å². The molecule has 7 heteroatoms. The molecule has 0 aliphatic rings. The molecule has 0 heterocycles. The van der Waals surface area contributed by atoms with Gasteiger partial charge in [-0.15, -0.1) is 0 Å². The Morgan fingerprint density at radius 2 is 1.82 bits per heavy atom. The van der Waals surface area contributed by atoms with Crippen LogP contribution in [0.1, 0.15) is 15.9 Å². The van der Waals surface area contributed by atoms with E-state index in [-0.39, 0.29) is 17.1 Å². The van der Waals surface area contributed by atoms with Crippen LogP contribution in [-0.2, 0) is 21.2 Å². The van der Waals surface area contributed by atoms with Crippen molar-refractivity contribution in [1.29, 1.82) is 0 Å². The van der Waals surface area contributed by atoms with Gasteiger partial charge < -0.3 is 4.74 Å². The molecule has 0 aromatic heterocycles. The number of sulfone groups is 1. The number of hydrogen-bond acceptors (Lipinski definition) is 4. The van der Waals surface area contributed by atoms with Gasteiger partial charge in [0, 0.05) is 16.3 Å². The number of ether oxygens (including phenoxy) is 1. The third-order valence-electron chi connectivity index (χ3n) is 2.89. The standard InChI is InChI=1S/C15H12BrFO4S/c1-22(19,20)13-6-3-10(4-7-13)15(18)21-9-11-2-5-12(17)8-14(11)16/h2-8H,9H2,1H3. The molecule has 0 atom stereocenters. The Labute approximate surface area is 136 Å². The number of rotatable bonds is 4. The molecular formula is C15H12BrFO4S. The van der Waals surface area contributed by atoms with Crippen LogP contribution in [0.3, 0.4) is 0 Å². The Kier molecular flexibility index (Phi) is 4.97. The van der Waals surface area contributed by atoms with Crippen molar-refractivity contribution in [2.75, 3.05) is 6.26 Å². The third kappa shape index (κ3) is 4.14. The molecule has 0 amide bonds. The van der Waals surface area contributed by atoms with E-state index >= 15 is 0 Å². The molecule has 0 unspecified atom stereocenters. The van der Waals surface area contributed by atoms with Gasteiger partial charge in [-0.3, -0.25) is 0 Å². The predicted octanol–water partition coefficient (Wildman–Crippen LogP) is 3.35. The van der Waals surface area contributed by atoms with Crippen LogP contribution in [0.4, 0.5) is 4.39 Å². The van der Waals surface area contributed by atoms with Crippen molar-refractivity contribution < 1.29 is 22.3 Å². The Balaban J connectivity index is 2.06. The molecule has 22 heavy (non-hydrogen) atoms. The van der Waals surface area contributed by atoms with Crippen LogP contribution >= 0.6 is 15.9 Å². The number of hydrogen-bond donors (Lipinski definition) is 0. The summed E-state index contributed by atoms with van der Waals surface area (Å²) in [4.78, 5) is 12.0. The number of esters is 1. The molecule has 0 aliphatic heterocycles. The van der Waals surface area contributed by atoms with Crippen LogP contribution in [0.5, 0.6) is 0 Å². The number of benzene rings is 2. The lowest BCUT2D eigenvalue weighted by atomic mass is 10.2. The summed E-state index contributed by atoms with van der Waals surface area (Å²) in [5, 5.41) is 0. The van der Waals surface area contributed by atoms with Crippen molar-refractivity contribution in [2.45, 2.75) is 11.5 Å². The summed E-state index contributed by atoms with van der Waals surface area (Å²) in [5.74, 6) is -0.977. The SMILES string of the molecule is CS(=O)(=O)c1ccc(C(=O)OCc2ccc(F)cc2Br)cc1. The first-order valence-electron chi connectivity index (χ1n) is 6.18. The molecular weight excluding hydrogens is 375 g/mol. The first-order valence-corrected chi connectivity index (χ1v) is 8.87. The summed E-state index contributed by atoms with van der Waals surface area (Å²) in [7, 11) is -3.30. The highest BCUT2D eigenvalue weighted by molar-refractivity contribution is 9.10. The predicted molar refractivity (Wildman–Crippen MR) is 82.8 cm³/mol. The molecule has 0 fully saturated rings. The van der Waals surface area contributed by atoms with Gasteiger partial charge in [-0.05, 0) is 36.4 Å². The number of halogens is 2. The van der Waals surface area contributed by atoms with Crippen LogP contribution in [0, 0.1) is 5.82 Å². The van der Waals surface area contributed by atoms with Crippen LogP contribution < -0.4 is 0 Å². The molecule has 0 N–H and O–H groups in total. The highest BCUT2D eigenvalue weighted by atomic mass is 79.9. The van der Waals surface area contributed by atoms with Gasteiger partial charge in [0.1, 0.15) is 12.4 Å². The lowest BCUT2D eigenvalue weighted by Gasteiger charge is -2.07. The molecule has 2 aromatic carbocycles. The Morgan fingerprint density at radius 3 is 2.36 bits per heavy atom. The highest BCUT2D eigenvalue weighted by Crippen LogP contribution is 2.19. The molecule has 0 spiro atoms. The van der Waals surface area contributed by atoms with E-state index in [0.29, 0.717) is 10.0 Å². The fraction of sp³-hybridized carbons (Fsp3) is 0.133. The van der Waals surface area contributed by atoms with Gasteiger partial charge >= 0.3 is 5.97 Å². The molecule has 0 bridgehead atoms. The zero-order chi connectivity index (χ0) is 16.3. The summed E-state index contributed by atoms with van der Waals surface area (Å²) >= 11 is 3.19. The molecule has 0 saturated carbocycles. The van der Waals surface area contributed by atoms with Gasteiger partial charge in [-0.2, -0.15) is 0 Å². The molecule has 2 aromatic rings. The van der Waals surface area contributed by atoms with Crippen molar-refractivity contribution >= 4 is 31.7 Å². The molecule has 4 nitrogen and oxygen atoms in total. The quantitative estimate of drug-likeness (QED) is 0.755. The van der Waals surface area contributed by atoms with E-state index in [4.69, 9.17) is 4.74 Å². The average Bonchev–Trinajstić information content (AvgIpc) is 2.45. The first-order chi connectivity index (χ1) is 10.3. The van der Waals surface area contributed by atoms with E-state index < -0.39 is 21.6 Å². The lowest BCUT2D eigenvalue weighted by Crippen LogP contribution is -2.06. The van der Waals surface area contributed by atoms with Gasteiger partial charge in [-0.1, -0.05) is 22.0 Å². The summed E-state index contributed by atoms with van der Waals surface area (Å²) in [5.41, 5.74) is 0.869. The smallest absolute Gasteiger partial charge is 0.338 e. The lowest BCUT2D eigenvalue weighted by molar-refractivity contribution is 0.0472. The highest BCUT2D eigenvalue weighted by Gasteiger charge is 2.12. The Hall–Kier alpha value is -1.73. The van der Waals surface area contributed by atoms with Crippen molar-refractivity contribution in [1.82, 2.24) is 0 Å². The van der Waals surface area contributed by atoms with Crippen molar-refractivity contribution in [3.63, 3.8) is 0 Å². The number of carbonyl (C=O) groups excluding carboxylic acids is 1. The third-order valence-corrected chi connectivity index (χ3v) is 4.76. The van der Waals surface area contributed by atoms with Gasteiger partial charge in [0.25, 0.3) is 0 Å². The molecule has 116 valence electrons. The molecule has 0 radical (unpaired) electrons. The summed E-state index contributed by atoms with van der Waals surface area (Å²) < 4.78 is 41.3. The van der Waals surface area contributed by atoms with E-state index in [0.717, 1.165) is 6.26 Å². The molecule has 0 aliphatic carbocycles. The zero-order valence-electron chi connectivity index (χ0n) is 11.5. The minimum Gasteiger partial charge on any atom is -0.457 e. The summed E-state index contributed by atoms with van der Waals surface area (Å²) in [6, 6.07) is 9.54. The van der Waals surface area contributed by atoms with Crippen LogP contribution in [0.2, 0.25) is 0 Å². The second-order valence-electron chi connectivity index (χ2n) is 4.61. The van der Waals surface area contributed by atoms with Crippen LogP contribution in [-0.4, -0.2) is 20.6 Å². The average molecular weight is 387 g/mol. The summed E-state index contributed by atoms with van der Waals surface area (Å²) in [6.45, 7) is -0.0203. The van der Waals surface area contributed by atoms with E-state index in [2.05, 4.69) is 15.9 Å². The Bertz CT molecular complexity index is 801. The van der Waals surface area contributed by atoms with Crippen molar-refractivity contribution in [3.8, 4) is 0 Å². The van der Waals surface area contributed by atoms with Crippen LogP contribution in [0.15, 0.2) is 51.8 Å². The molecule has 2 rings (SSSR count). The fourth-order valence-corrected chi connectivity index (χ4v) is 2.80. The second kappa shape index (κ2) is 6.58. The Morgan fingerprint density at radius 1 is 1.18 bits per heavy atom. The van der Waals surface area contributed by atoms with Gasteiger partial charge in [0.15, 0.2) is 9.84 Å². The maximum atomic E-state index is 13.0. The van der Waals surface area contributed by atoms with E-state index in [1.165, 1.54) is 42.5 Å². The minimum atomic E-state index is -3.30. The number of carbonyl (C=O) groups is 1. The first kappa shape index (κ1) is 16.6. The van der Waals surface area contributed by atoms with Crippen molar-refractivity contribution in [3.05, 3.63) is 63.9 Å². The fourth-order valence-electron chi connectivity index (χ4n) is 1.70. The largest absolute Gasteiger partial charge is 0.457 e. The maximum Gasteiger partial charge on any atom is 0.338 e. The monoisotopic (exact) mass is 386 g/mol. The zero-order valence-corrected chi connectivity index (χ0v) is 13.9. The van der Waals surface area contributed by atoms with E-state index in [1.54, 1.807) is 0 Å². The van der Waals surface area contributed by atoms with E-state index in [1.807, 2.05) is 0 Å². The maximum absolute atomic E-state index is 13.0. The van der Waals surface area contributed by atoms with Gasteiger partial charge in [0.2, 0.25) is 0 Å².